The Labute approximate surface area is 164 Å². The zero-order valence-electron chi connectivity index (χ0n) is 16.0. The molecule has 0 unspecified atom stereocenters. The van der Waals surface area contributed by atoms with Gasteiger partial charge in [0.1, 0.15) is 11.6 Å². The van der Waals surface area contributed by atoms with E-state index in [-0.39, 0.29) is 5.82 Å². The van der Waals surface area contributed by atoms with Gasteiger partial charge in [0.05, 0.1) is 11.0 Å². The van der Waals surface area contributed by atoms with Crippen molar-refractivity contribution in [2.24, 2.45) is 4.99 Å². The van der Waals surface area contributed by atoms with Crippen molar-refractivity contribution in [2.45, 2.75) is 6.42 Å². The molecule has 2 N–H and O–H groups in total. The minimum absolute atomic E-state index is 0.198. The summed E-state index contributed by atoms with van der Waals surface area (Å²) in [6.07, 6.45) is 0.809. The van der Waals surface area contributed by atoms with Gasteiger partial charge >= 0.3 is 0 Å². The summed E-state index contributed by atoms with van der Waals surface area (Å²) in [5.41, 5.74) is 3.13. The van der Waals surface area contributed by atoms with Crippen molar-refractivity contribution in [2.75, 3.05) is 44.7 Å². The van der Waals surface area contributed by atoms with Gasteiger partial charge < -0.3 is 20.1 Å². The number of para-hydroxylation sites is 2. The van der Waals surface area contributed by atoms with Gasteiger partial charge in [-0.1, -0.05) is 12.1 Å². The molecule has 146 valence electrons. The maximum atomic E-state index is 13.1. The average molecular weight is 380 g/mol. The minimum Gasteiger partial charge on any atom is -0.368 e. The molecule has 1 aliphatic heterocycles. The number of hydrogen-bond donors (Lipinski definition) is 2. The van der Waals surface area contributed by atoms with Crippen LogP contribution < -0.4 is 10.2 Å². The summed E-state index contributed by atoms with van der Waals surface area (Å²) in [4.78, 5) is 16.9. The van der Waals surface area contributed by atoms with Gasteiger partial charge in [-0.15, -0.1) is 0 Å². The molecule has 4 rings (SSSR count). The topological polar surface area (TPSA) is 59.6 Å². The Morgan fingerprint density at radius 1 is 1.11 bits per heavy atom. The van der Waals surface area contributed by atoms with Gasteiger partial charge in [-0.3, -0.25) is 4.99 Å². The first-order valence-electron chi connectivity index (χ1n) is 9.62. The molecule has 7 heteroatoms. The van der Waals surface area contributed by atoms with Crippen LogP contribution in [-0.4, -0.2) is 60.6 Å². The Hall–Kier alpha value is -3.09. The highest BCUT2D eigenvalue weighted by Crippen LogP contribution is 2.17. The Kier molecular flexibility index (Phi) is 5.41. The monoisotopic (exact) mass is 380 g/mol. The van der Waals surface area contributed by atoms with Gasteiger partial charge in [0.2, 0.25) is 0 Å². The molecule has 2 heterocycles. The predicted octanol–water partition coefficient (Wildman–Crippen LogP) is 2.64. The van der Waals surface area contributed by atoms with Gasteiger partial charge in [-0.25, -0.2) is 9.37 Å². The average Bonchev–Trinajstić information content (AvgIpc) is 3.15. The number of hydrogen-bond acceptors (Lipinski definition) is 3. The highest BCUT2D eigenvalue weighted by atomic mass is 19.1. The number of piperazine rings is 1. The number of benzene rings is 2. The molecule has 28 heavy (non-hydrogen) atoms. The lowest BCUT2D eigenvalue weighted by Gasteiger charge is -2.37. The van der Waals surface area contributed by atoms with Crippen molar-refractivity contribution in [3.05, 3.63) is 60.2 Å². The molecule has 0 aliphatic carbocycles. The molecule has 2 aromatic carbocycles. The third-order valence-corrected chi connectivity index (χ3v) is 5.07. The van der Waals surface area contributed by atoms with E-state index < -0.39 is 0 Å². The fourth-order valence-corrected chi connectivity index (χ4v) is 3.58. The molecule has 1 aromatic heterocycles. The summed E-state index contributed by atoms with van der Waals surface area (Å²) in [6, 6.07) is 14.8. The maximum Gasteiger partial charge on any atom is 0.193 e. The van der Waals surface area contributed by atoms with E-state index in [1.807, 2.05) is 43.4 Å². The second-order valence-electron chi connectivity index (χ2n) is 6.88. The van der Waals surface area contributed by atoms with E-state index in [4.69, 9.17) is 0 Å². The van der Waals surface area contributed by atoms with Crippen LogP contribution >= 0.6 is 0 Å². The molecule has 0 bridgehead atoms. The Morgan fingerprint density at radius 3 is 2.57 bits per heavy atom. The molecule has 0 atom stereocenters. The summed E-state index contributed by atoms with van der Waals surface area (Å²) in [5.74, 6) is 1.69. The van der Waals surface area contributed by atoms with Crippen LogP contribution in [0.2, 0.25) is 0 Å². The van der Waals surface area contributed by atoms with Gasteiger partial charge in [0.25, 0.3) is 0 Å². The third kappa shape index (κ3) is 4.08. The van der Waals surface area contributed by atoms with Gasteiger partial charge in [0.15, 0.2) is 5.96 Å². The zero-order chi connectivity index (χ0) is 19.3. The van der Waals surface area contributed by atoms with Crippen LogP contribution in [0.4, 0.5) is 10.1 Å². The molecular weight excluding hydrogens is 355 g/mol. The smallest absolute Gasteiger partial charge is 0.193 e. The first-order chi connectivity index (χ1) is 13.7. The minimum atomic E-state index is -0.198. The van der Waals surface area contributed by atoms with Crippen LogP contribution in [-0.2, 0) is 6.42 Å². The molecule has 3 aromatic rings. The van der Waals surface area contributed by atoms with E-state index in [1.54, 1.807) is 0 Å². The van der Waals surface area contributed by atoms with E-state index in [0.717, 1.165) is 67.6 Å². The first-order valence-corrected chi connectivity index (χ1v) is 9.62. The van der Waals surface area contributed by atoms with Crippen LogP contribution in [0.15, 0.2) is 53.5 Å². The highest BCUT2D eigenvalue weighted by Gasteiger charge is 2.19. The second kappa shape index (κ2) is 8.29. The molecule has 0 spiro atoms. The van der Waals surface area contributed by atoms with E-state index in [0.29, 0.717) is 0 Å². The summed E-state index contributed by atoms with van der Waals surface area (Å²) in [5, 5.41) is 3.44. The number of nitrogens with one attached hydrogen (secondary N) is 2. The highest BCUT2D eigenvalue weighted by molar-refractivity contribution is 5.80. The number of halogens is 1. The zero-order valence-corrected chi connectivity index (χ0v) is 16.0. The van der Waals surface area contributed by atoms with Crippen LogP contribution in [0.5, 0.6) is 0 Å². The SMILES string of the molecule is CN=C(NCCc1nc2ccccc2[nH]1)N1CCN(c2ccc(F)cc2)CC1. The number of fused-ring (bicyclic) bond motifs is 1. The molecule has 0 radical (unpaired) electrons. The Bertz CT molecular complexity index is 908. The lowest BCUT2D eigenvalue weighted by molar-refractivity contribution is 0.373. The van der Waals surface area contributed by atoms with Crippen molar-refractivity contribution in [3.8, 4) is 0 Å². The van der Waals surface area contributed by atoms with Gasteiger partial charge in [-0.05, 0) is 36.4 Å². The summed E-state index contributed by atoms with van der Waals surface area (Å²) >= 11 is 0. The number of nitrogens with zero attached hydrogens (tertiary/aromatic N) is 4. The number of aromatic nitrogens is 2. The number of aliphatic imine (C=N–C) groups is 1. The van der Waals surface area contributed by atoms with E-state index in [2.05, 4.69) is 30.1 Å². The third-order valence-electron chi connectivity index (χ3n) is 5.07. The number of anilines is 1. The summed E-state index contributed by atoms with van der Waals surface area (Å²) in [7, 11) is 1.82. The van der Waals surface area contributed by atoms with Crippen molar-refractivity contribution >= 4 is 22.7 Å². The van der Waals surface area contributed by atoms with E-state index >= 15 is 0 Å². The standard InChI is InChI=1S/C21H25FN6/c1-23-21(24-11-10-20-25-18-4-2-3-5-19(18)26-20)28-14-12-27(13-15-28)17-8-6-16(22)7-9-17/h2-9H,10-15H2,1H3,(H,23,24)(H,25,26). The fraction of sp³-hybridized carbons (Fsp3) is 0.333. The molecular formula is C21H25FN6. The lowest BCUT2D eigenvalue weighted by atomic mass is 10.2. The van der Waals surface area contributed by atoms with E-state index in [9.17, 15) is 4.39 Å². The van der Waals surface area contributed by atoms with Crippen LogP contribution in [0, 0.1) is 5.82 Å². The normalized spacial score (nSPS) is 15.3. The van der Waals surface area contributed by atoms with Crippen LogP contribution in [0.1, 0.15) is 5.82 Å². The molecule has 1 aliphatic rings. The quantitative estimate of drug-likeness (QED) is 0.540. The number of imidazole rings is 1. The van der Waals surface area contributed by atoms with Crippen LogP contribution in [0.25, 0.3) is 11.0 Å². The molecule has 1 fully saturated rings. The van der Waals surface area contributed by atoms with Crippen molar-refractivity contribution in [1.82, 2.24) is 20.2 Å². The van der Waals surface area contributed by atoms with E-state index in [1.165, 1.54) is 12.1 Å². The molecule has 0 amide bonds. The Morgan fingerprint density at radius 2 is 1.86 bits per heavy atom. The Balaban J connectivity index is 1.28. The van der Waals surface area contributed by atoms with Crippen molar-refractivity contribution < 1.29 is 4.39 Å². The number of guanidine groups is 1. The van der Waals surface area contributed by atoms with Crippen LogP contribution in [0.3, 0.4) is 0 Å². The van der Waals surface area contributed by atoms with Crippen molar-refractivity contribution in [1.29, 1.82) is 0 Å². The number of aromatic amines is 1. The lowest BCUT2D eigenvalue weighted by Crippen LogP contribution is -2.52. The first kappa shape index (κ1) is 18.3. The maximum absolute atomic E-state index is 13.1. The molecule has 1 saturated heterocycles. The predicted molar refractivity (Wildman–Crippen MR) is 111 cm³/mol. The van der Waals surface area contributed by atoms with Crippen molar-refractivity contribution in [3.63, 3.8) is 0 Å². The number of rotatable bonds is 4. The molecule has 0 saturated carbocycles. The summed E-state index contributed by atoms with van der Waals surface area (Å²) in [6.45, 7) is 4.29. The summed E-state index contributed by atoms with van der Waals surface area (Å²) < 4.78 is 13.1. The largest absolute Gasteiger partial charge is 0.368 e. The van der Waals surface area contributed by atoms with Gasteiger partial charge in [0, 0.05) is 51.9 Å². The molecule has 6 nitrogen and oxygen atoms in total. The second-order valence-corrected chi connectivity index (χ2v) is 6.88. The fourth-order valence-electron chi connectivity index (χ4n) is 3.58. The van der Waals surface area contributed by atoms with Gasteiger partial charge in [-0.2, -0.15) is 0 Å². The number of H-pyrrole nitrogens is 1.